The molecule has 5 rings (SSSR count). The molecule has 2 aliphatic heterocycles. The summed E-state index contributed by atoms with van der Waals surface area (Å²) in [6, 6.07) is 6.04. The number of piperazine rings is 1. The lowest BCUT2D eigenvalue weighted by atomic mass is 10.2. The molecule has 0 unspecified atom stereocenters. The second-order valence-corrected chi connectivity index (χ2v) is 8.63. The van der Waals surface area contributed by atoms with Crippen LogP contribution in [0.3, 0.4) is 0 Å². The third-order valence-electron chi connectivity index (χ3n) is 5.81. The lowest BCUT2D eigenvalue weighted by molar-refractivity contribution is -0.136. The fourth-order valence-electron chi connectivity index (χ4n) is 3.96. The number of halogens is 5. The Balaban J connectivity index is 1.44. The number of imidazole rings is 1. The van der Waals surface area contributed by atoms with Crippen molar-refractivity contribution in [3.8, 4) is 0 Å². The molecule has 0 saturated carbocycles. The standard InChI is InChI=1S/C24H17ClF4N6O3/c25-21-20(23(37)33-7-8-34(19(36)13-33)17-3-1-14(26)2-4-17)30-22-18(24(27,28)29)11-16(12-35(21)22)32-31-15-5-9-38-10-6-15/h1-6,9,11-12H,7-8,10,13H2. The van der Waals surface area contributed by atoms with Crippen LogP contribution in [0.15, 0.2) is 70.9 Å². The molecule has 14 heteroatoms. The van der Waals surface area contributed by atoms with Crippen molar-refractivity contribution in [2.24, 2.45) is 10.2 Å². The number of carbonyl (C=O) groups is 2. The summed E-state index contributed by atoms with van der Waals surface area (Å²) >= 11 is 6.33. The van der Waals surface area contributed by atoms with Gasteiger partial charge in [0.15, 0.2) is 11.3 Å². The zero-order valence-corrected chi connectivity index (χ0v) is 20.1. The van der Waals surface area contributed by atoms with Gasteiger partial charge < -0.3 is 14.5 Å². The van der Waals surface area contributed by atoms with Crippen LogP contribution in [0.1, 0.15) is 16.1 Å². The first-order valence-corrected chi connectivity index (χ1v) is 11.5. The minimum Gasteiger partial charge on any atom is -0.497 e. The van der Waals surface area contributed by atoms with Crippen LogP contribution >= 0.6 is 11.6 Å². The van der Waals surface area contributed by atoms with E-state index < -0.39 is 40.7 Å². The topological polar surface area (TPSA) is 91.9 Å². The maximum Gasteiger partial charge on any atom is 0.420 e. The molecular weight excluding hydrogens is 532 g/mol. The summed E-state index contributed by atoms with van der Waals surface area (Å²) in [6.07, 6.45) is 0.810. The van der Waals surface area contributed by atoms with E-state index in [9.17, 15) is 27.2 Å². The monoisotopic (exact) mass is 548 g/mol. The van der Waals surface area contributed by atoms with E-state index in [4.69, 9.17) is 16.3 Å². The summed E-state index contributed by atoms with van der Waals surface area (Å²) < 4.78 is 60.8. The molecule has 1 aromatic carbocycles. The number of carbonyl (C=O) groups excluding carboxylic acids is 2. The van der Waals surface area contributed by atoms with Crippen LogP contribution in [0.25, 0.3) is 5.65 Å². The summed E-state index contributed by atoms with van der Waals surface area (Å²) in [6.45, 7) is 0.0362. The molecule has 2 aromatic heterocycles. The van der Waals surface area contributed by atoms with E-state index in [0.29, 0.717) is 11.4 Å². The van der Waals surface area contributed by atoms with Gasteiger partial charge in [0, 0.05) is 25.0 Å². The first-order valence-electron chi connectivity index (χ1n) is 11.2. The highest BCUT2D eigenvalue weighted by Crippen LogP contribution is 2.37. The molecular formula is C24H17ClF4N6O3. The van der Waals surface area contributed by atoms with E-state index in [-0.39, 0.29) is 37.1 Å². The fourth-order valence-corrected chi connectivity index (χ4v) is 4.21. The largest absolute Gasteiger partial charge is 0.497 e. The number of aromatic nitrogens is 2. The quantitative estimate of drug-likeness (QED) is 0.333. The van der Waals surface area contributed by atoms with Gasteiger partial charge in [-0.1, -0.05) is 11.6 Å². The average Bonchev–Trinajstić information content (AvgIpc) is 3.23. The molecule has 2 amide bonds. The van der Waals surface area contributed by atoms with Crippen LogP contribution in [-0.2, 0) is 15.7 Å². The fraction of sp³-hybridized carbons (Fsp3) is 0.208. The summed E-state index contributed by atoms with van der Waals surface area (Å²) in [7, 11) is 0. The van der Waals surface area contributed by atoms with Crippen molar-refractivity contribution in [2.75, 3.05) is 31.1 Å². The van der Waals surface area contributed by atoms with Crippen LogP contribution < -0.4 is 4.90 Å². The van der Waals surface area contributed by atoms with Gasteiger partial charge in [-0.25, -0.2) is 9.37 Å². The number of ether oxygens (including phenoxy) is 1. The van der Waals surface area contributed by atoms with Gasteiger partial charge in [0.25, 0.3) is 5.91 Å². The van der Waals surface area contributed by atoms with Gasteiger partial charge in [-0.3, -0.25) is 14.0 Å². The number of hydrogen-bond acceptors (Lipinski definition) is 6. The third kappa shape index (κ3) is 4.96. The van der Waals surface area contributed by atoms with Gasteiger partial charge >= 0.3 is 6.18 Å². The van der Waals surface area contributed by atoms with Crippen LogP contribution in [0, 0.1) is 5.82 Å². The molecule has 0 bridgehead atoms. The second-order valence-electron chi connectivity index (χ2n) is 8.27. The molecule has 2 aliphatic rings. The molecule has 0 spiro atoms. The summed E-state index contributed by atoms with van der Waals surface area (Å²) in [5.41, 5.74) is -1.52. The maximum absolute atomic E-state index is 13.9. The summed E-state index contributed by atoms with van der Waals surface area (Å²) in [5.74, 6) is -1.72. The SMILES string of the molecule is O=C(c1nc2c(C(F)(F)F)cc(N=NC3=CCOC=C3)cn2c1Cl)N1CCN(c2ccc(F)cc2)C(=O)C1. The van der Waals surface area contributed by atoms with E-state index in [0.717, 1.165) is 15.4 Å². The summed E-state index contributed by atoms with van der Waals surface area (Å²) in [4.78, 5) is 32.3. The molecule has 0 atom stereocenters. The lowest BCUT2D eigenvalue weighted by Crippen LogP contribution is -2.52. The zero-order chi connectivity index (χ0) is 27.0. The Kier molecular flexibility index (Phi) is 6.61. The molecule has 0 aliphatic carbocycles. The van der Waals surface area contributed by atoms with Crippen molar-refractivity contribution in [3.05, 3.63) is 82.9 Å². The van der Waals surface area contributed by atoms with E-state index in [2.05, 4.69) is 15.2 Å². The van der Waals surface area contributed by atoms with Crippen LogP contribution in [0.5, 0.6) is 0 Å². The zero-order valence-electron chi connectivity index (χ0n) is 19.3. The van der Waals surface area contributed by atoms with Crippen molar-refractivity contribution in [3.63, 3.8) is 0 Å². The third-order valence-corrected chi connectivity index (χ3v) is 6.17. The molecule has 0 N–H and O–H groups in total. The van der Waals surface area contributed by atoms with Crippen molar-refractivity contribution in [1.82, 2.24) is 14.3 Å². The Labute approximate surface area is 217 Å². The molecule has 0 radical (unpaired) electrons. The number of alkyl halides is 3. The molecule has 1 saturated heterocycles. The maximum atomic E-state index is 13.9. The lowest BCUT2D eigenvalue weighted by Gasteiger charge is -2.34. The Morgan fingerprint density at radius 2 is 1.89 bits per heavy atom. The van der Waals surface area contributed by atoms with Crippen molar-refractivity contribution in [1.29, 1.82) is 0 Å². The predicted molar refractivity (Wildman–Crippen MR) is 128 cm³/mol. The minimum atomic E-state index is -4.84. The Bertz CT molecular complexity index is 1510. The molecule has 3 aromatic rings. The molecule has 4 heterocycles. The van der Waals surface area contributed by atoms with Crippen LogP contribution in [-0.4, -0.2) is 52.3 Å². The average molecular weight is 549 g/mol. The number of pyridine rings is 1. The summed E-state index contributed by atoms with van der Waals surface area (Å²) in [5, 5.41) is 7.41. The van der Waals surface area contributed by atoms with E-state index in [1.54, 1.807) is 6.08 Å². The van der Waals surface area contributed by atoms with E-state index >= 15 is 0 Å². The van der Waals surface area contributed by atoms with Crippen molar-refractivity contribution >= 4 is 40.4 Å². The van der Waals surface area contributed by atoms with Crippen LogP contribution in [0.4, 0.5) is 28.9 Å². The van der Waals surface area contributed by atoms with E-state index in [1.165, 1.54) is 47.7 Å². The van der Waals surface area contributed by atoms with E-state index in [1.807, 2.05) is 0 Å². The number of fused-ring (bicyclic) bond motifs is 1. The van der Waals surface area contributed by atoms with Gasteiger partial charge in [0.05, 0.1) is 12.0 Å². The van der Waals surface area contributed by atoms with Crippen LogP contribution in [0.2, 0.25) is 5.15 Å². The number of azo groups is 1. The van der Waals surface area contributed by atoms with Crippen molar-refractivity contribution in [2.45, 2.75) is 6.18 Å². The van der Waals surface area contributed by atoms with Gasteiger partial charge in [0.1, 0.15) is 35.4 Å². The highest BCUT2D eigenvalue weighted by Gasteiger charge is 2.37. The first-order chi connectivity index (χ1) is 18.1. The molecule has 1 fully saturated rings. The second kappa shape index (κ2) is 9.89. The number of nitrogens with zero attached hydrogens (tertiary/aromatic N) is 6. The van der Waals surface area contributed by atoms with Gasteiger partial charge in [-0.15, -0.1) is 5.11 Å². The highest BCUT2D eigenvalue weighted by molar-refractivity contribution is 6.33. The Hall–Kier alpha value is -4.26. The predicted octanol–water partition coefficient (Wildman–Crippen LogP) is 5.15. The van der Waals surface area contributed by atoms with Gasteiger partial charge in [0.2, 0.25) is 5.91 Å². The molecule has 196 valence electrons. The number of rotatable bonds is 4. The molecule has 38 heavy (non-hydrogen) atoms. The smallest absolute Gasteiger partial charge is 0.420 e. The van der Waals surface area contributed by atoms with Crippen molar-refractivity contribution < 1.29 is 31.9 Å². The number of amides is 2. The minimum absolute atomic E-state index is 0.0596. The first kappa shape index (κ1) is 25.4. The Morgan fingerprint density at radius 3 is 2.55 bits per heavy atom. The Morgan fingerprint density at radius 1 is 1.13 bits per heavy atom. The normalized spacial score (nSPS) is 16.3. The number of benzene rings is 1. The number of allylic oxidation sites excluding steroid dienone is 1. The number of anilines is 1. The molecule has 9 nitrogen and oxygen atoms in total. The number of hydrogen-bond donors (Lipinski definition) is 0. The van der Waals surface area contributed by atoms with Gasteiger partial charge in [-0.2, -0.15) is 18.3 Å². The highest BCUT2D eigenvalue weighted by atomic mass is 35.5. The van der Waals surface area contributed by atoms with Gasteiger partial charge in [-0.05, 0) is 42.5 Å².